The van der Waals surface area contributed by atoms with Gasteiger partial charge in [0.25, 0.3) is 5.69 Å². The Hall–Kier alpha value is -3.81. The molecule has 0 saturated carbocycles. The van der Waals surface area contributed by atoms with Crippen LogP contribution in [0.4, 0.5) is 17.1 Å². The van der Waals surface area contributed by atoms with Crippen molar-refractivity contribution in [3.8, 4) is 0 Å². The van der Waals surface area contributed by atoms with Crippen molar-refractivity contribution >= 4 is 40.7 Å². The molecule has 3 aliphatic heterocycles. The molecule has 4 atom stereocenters. The molecule has 0 aliphatic carbocycles. The molecule has 3 heterocycles. The van der Waals surface area contributed by atoms with Crippen LogP contribution in [0.15, 0.2) is 48.5 Å². The lowest BCUT2D eigenvalue weighted by Crippen LogP contribution is -2.48. The van der Waals surface area contributed by atoms with Crippen molar-refractivity contribution in [2.24, 2.45) is 11.8 Å². The Morgan fingerprint density at radius 2 is 1.74 bits per heavy atom. The van der Waals surface area contributed by atoms with Crippen molar-refractivity contribution in [2.45, 2.75) is 25.9 Å². The molecule has 0 aromatic heterocycles. The summed E-state index contributed by atoms with van der Waals surface area (Å²) in [5.74, 6) is -2.49. The zero-order valence-electron chi connectivity index (χ0n) is 16.9. The van der Waals surface area contributed by atoms with Gasteiger partial charge in [-0.15, -0.1) is 0 Å². The van der Waals surface area contributed by atoms with E-state index < -0.39 is 34.7 Å². The number of ketones is 1. The SMILES string of the molecule is CC(=O)[C@@H]1[C@@H]2C(=O)N(c3ccc([N+](=O)[O-])cc3C)C(=O)[C@@H]2[C@@H]2C=Cc3ccccc3N12. The molecule has 0 bridgehead atoms. The number of para-hydroxylation sites is 1. The number of non-ortho nitro benzene ring substituents is 1. The largest absolute Gasteiger partial charge is 0.353 e. The molecule has 3 aliphatic rings. The standard InChI is InChI=1S/C23H19N3O5/c1-12-11-15(26(30)31)8-10-16(12)25-22(28)19-18-9-7-14-5-3-4-6-17(14)24(18)21(13(2)27)20(19)23(25)29/h3-11,18-21H,1-2H3/t18-,19+,20+,21+/m0/s1. The van der Waals surface area contributed by atoms with Gasteiger partial charge in [-0.3, -0.25) is 24.5 Å². The third-order valence-corrected chi connectivity index (χ3v) is 6.46. The van der Waals surface area contributed by atoms with Crippen LogP contribution in [-0.4, -0.2) is 34.6 Å². The number of anilines is 2. The number of nitrogens with zero attached hydrogens (tertiary/aromatic N) is 3. The zero-order valence-corrected chi connectivity index (χ0v) is 16.9. The maximum Gasteiger partial charge on any atom is 0.269 e. The minimum atomic E-state index is -0.805. The van der Waals surface area contributed by atoms with E-state index in [2.05, 4.69) is 0 Å². The van der Waals surface area contributed by atoms with Gasteiger partial charge in [0, 0.05) is 17.8 Å². The second kappa shape index (κ2) is 6.60. The zero-order chi connectivity index (χ0) is 22.0. The molecule has 8 heteroatoms. The van der Waals surface area contributed by atoms with Crippen molar-refractivity contribution in [3.63, 3.8) is 0 Å². The van der Waals surface area contributed by atoms with Crippen LogP contribution in [0.25, 0.3) is 6.08 Å². The lowest BCUT2D eigenvalue weighted by molar-refractivity contribution is -0.384. The number of benzene rings is 2. The number of amides is 2. The number of Topliss-reactive ketones (excluding diaryl/α,β-unsaturated/α-hetero) is 1. The number of nitro groups is 1. The first kappa shape index (κ1) is 19.2. The van der Waals surface area contributed by atoms with Crippen LogP contribution in [-0.2, 0) is 14.4 Å². The van der Waals surface area contributed by atoms with Gasteiger partial charge in [0.15, 0.2) is 5.78 Å². The molecule has 8 nitrogen and oxygen atoms in total. The average Bonchev–Trinajstić information content (AvgIpc) is 3.21. The molecule has 31 heavy (non-hydrogen) atoms. The Morgan fingerprint density at radius 1 is 1.03 bits per heavy atom. The highest BCUT2D eigenvalue weighted by Crippen LogP contribution is 2.49. The molecule has 0 unspecified atom stereocenters. The van der Waals surface area contributed by atoms with Gasteiger partial charge in [0.1, 0.15) is 6.04 Å². The second-order valence-electron chi connectivity index (χ2n) is 8.16. The van der Waals surface area contributed by atoms with E-state index >= 15 is 0 Å². The summed E-state index contributed by atoms with van der Waals surface area (Å²) in [6.07, 6.45) is 3.81. The third-order valence-electron chi connectivity index (χ3n) is 6.46. The Balaban J connectivity index is 1.60. The highest BCUT2D eigenvalue weighted by molar-refractivity contribution is 6.25. The lowest BCUT2D eigenvalue weighted by atomic mass is 9.88. The normalized spacial score (nSPS) is 26.0. The second-order valence-corrected chi connectivity index (χ2v) is 8.16. The summed E-state index contributed by atoms with van der Waals surface area (Å²) in [7, 11) is 0. The highest BCUT2D eigenvalue weighted by atomic mass is 16.6. The summed E-state index contributed by atoms with van der Waals surface area (Å²) in [5.41, 5.74) is 2.44. The molecule has 2 fully saturated rings. The van der Waals surface area contributed by atoms with Crippen LogP contribution in [0.2, 0.25) is 0 Å². The summed E-state index contributed by atoms with van der Waals surface area (Å²) in [4.78, 5) is 53.3. The number of hydrogen-bond donors (Lipinski definition) is 0. The van der Waals surface area contributed by atoms with Gasteiger partial charge in [0.05, 0.1) is 28.5 Å². The van der Waals surface area contributed by atoms with Gasteiger partial charge in [-0.05, 0) is 37.1 Å². The van der Waals surface area contributed by atoms with Crippen LogP contribution in [0, 0.1) is 28.9 Å². The van der Waals surface area contributed by atoms with Crippen LogP contribution >= 0.6 is 0 Å². The van der Waals surface area contributed by atoms with Gasteiger partial charge in [-0.1, -0.05) is 30.4 Å². The summed E-state index contributed by atoms with van der Waals surface area (Å²) >= 11 is 0. The van der Waals surface area contributed by atoms with Gasteiger partial charge < -0.3 is 4.90 Å². The molecular formula is C23H19N3O5. The molecule has 2 amide bonds. The summed E-state index contributed by atoms with van der Waals surface area (Å²) < 4.78 is 0. The molecule has 0 spiro atoms. The first-order valence-corrected chi connectivity index (χ1v) is 10.00. The van der Waals surface area contributed by atoms with E-state index in [0.29, 0.717) is 11.3 Å². The molecule has 2 aromatic carbocycles. The van der Waals surface area contributed by atoms with Crippen LogP contribution in [0.1, 0.15) is 18.1 Å². The van der Waals surface area contributed by atoms with Crippen molar-refractivity contribution in [1.82, 2.24) is 0 Å². The maximum atomic E-state index is 13.5. The van der Waals surface area contributed by atoms with E-state index in [1.165, 1.54) is 25.1 Å². The molecule has 156 valence electrons. The van der Waals surface area contributed by atoms with E-state index in [0.717, 1.165) is 16.2 Å². The minimum absolute atomic E-state index is 0.111. The number of nitro benzene ring substituents is 1. The first-order valence-electron chi connectivity index (χ1n) is 10.00. The number of aryl methyl sites for hydroxylation is 1. The smallest absolute Gasteiger partial charge is 0.269 e. The van der Waals surface area contributed by atoms with Crippen LogP contribution < -0.4 is 9.80 Å². The molecule has 5 rings (SSSR count). The third kappa shape index (κ3) is 2.57. The predicted octanol–water partition coefficient (Wildman–Crippen LogP) is 2.88. The van der Waals surface area contributed by atoms with E-state index in [1.807, 2.05) is 41.3 Å². The highest BCUT2D eigenvalue weighted by Gasteiger charge is 2.63. The first-order chi connectivity index (χ1) is 14.8. The van der Waals surface area contributed by atoms with Crippen LogP contribution in [0.3, 0.4) is 0 Å². The van der Waals surface area contributed by atoms with Gasteiger partial charge >= 0.3 is 0 Å². The Kier molecular flexibility index (Phi) is 4.08. The quantitative estimate of drug-likeness (QED) is 0.432. The minimum Gasteiger partial charge on any atom is -0.353 e. The van der Waals surface area contributed by atoms with Crippen molar-refractivity contribution < 1.29 is 19.3 Å². The number of fused-ring (bicyclic) bond motifs is 5. The van der Waals surface area contributed by atoms with Crippen molar-refractivity contribution in [3.05, 3.63) is 69.8 Å². The fourth-order valence-corrected chi connectivity index (χ4v) is 5.21. The Bertz CT molecular complexity index is 1200. The molecular weight excluding hydrogens is 398 g/mol. The average molecular weight is 417 g/mol. The predicted molar refractivity (Wildman–Crippen MR) is 114 cm³/mol. The molecule has 0 radical (unpaired) electrons. The fourth-order valence-electron chi connectivity index (χ4n) is 5.21. The number of imide groups is 1. The monoisotopic (exact) mass is 417 g/mol. The fraction of sp³-hybridized carbons (Fsp3) is 0.261. The number of rotatable bonds is 3. The van der Waals surface area contributed by atoms with E-state index in [9.17, 15) is 24.5 Å². The van der Waals surface area contributed by atoms with Gasteiger partial charge in [-0.25, -0.2) is 4.90 Å². The number of carbonyl (C=O) groups excluding carboxylic acids is 3. The van der Waals surface area contributed by atoms with Crippen molar-refractivity contribution in [1.29, 1.82) is 0 Å². The molecule has 2 saturated heterocycles. The number of carbonyl (C=O) groups is 3. The lowest BCUT2D eigenvalue weighted by Gasteiger charge is -2.36. The Labute approximate surface area is 177 Å². The van der Waals surface area contributed by atoms with E-state index in [1.54, 1.807) is 6.92 Å². The topological polar surface area (TPSA) is 101 Å². The van der Waals surface area contributed by atoms with Crippen molar-refractivity contribution in [2.75, 3.05) is 9.80 Å². The summed E-state index contributed by atoms with van der Waals surface area (Å²) in [5, 5.41) is 11.1. The summed E-state index contributed by atoms with van der Waals surface area (Å²) in [6.45, 7) is 3.07. The summed E-state index contributed by atoms with van der Waals surface area (Å²) in [6, 6.07) is 10.5. The maximum absolute atomic E-state index is 13.5. The van der Waals surface area contributed by atoms with Crippen LogP contribution in [0.5, 0.6) is 0 Å². The number of hydrogen-bond acceptors (Lipinski definition) is 6. The molecule has 2 aromatic rings. The van der Waals surface area contributed by atoms with Gasteiger partial charge in [-0.2, -0.15) is 0 Å². The molecule has 0 N–H and O–H groups in total. The van der Waals surface area contributed by atoms with E-state index in [-0.39, 0.29) is 17.4 Å². The van der Waals surface area contributed by atoms with Gasteiger partial charge in [0.2, 0.25) is 11.8 Å². The van der Waals surface area contributed by atoms with E-state index in [4.69, 9.17) is 0 Å². The Morgan fingerprint density at radius 3 is 2.42 bits per heavy atom.